The topological polar surface area (TPSA) is 29.9 Å². The van der Waals surface area contributed by atoms with Gasteiger partial charge in [0.25, 0.3) is 0 Å². The molecule has 3 rings (SSSR count). The molecule has 0 saturated carbocycles. The van der Waals surface area contributed by atoms with Gasteiger partial charge in [-0.3, -0.25) is 0 Å². The first-order valence-corrected chi connectivity index (χ1v) is 8.01. The molecule has 124 valence electrons. The van der Waals surface area contributed by atoms with E-state index in [0.717, 1.165) is 61.4 Å². The van der Waals surface area contributed by atoms with Gasteiger partial charge in [0, 0.05) is 12.1 Å². The van der Waals surface area contributed by atoms with E-state index < -0.39 is 11.7 Å². The fourth-order valence-corrected chi connectivity index (χ4v) is 3.08. The Labute approximate surface area is 137 Å². The van der Waals surface area contributed by atoms with Crippen LogP contribution in [0.5, 0.6) is 0 Å². The lowest BCUT2D eigenvalue weighted by molar-refractivity contribution is -0.137. The summed E-state index contributed by atoms with van der Waals surface area (Å²) in [7, 11) is 0. The molecule has 1 aliphatic heterocycles. The summed E-state index contributed by atoms with van der Waals surface area (Å²) in [5.41, 5.74) is 1.51. The molecule has 0 spiro atoms. The number of alkyl halides is 3. The van der Waals surface area contributed by atoms with Crippen molar-refractivity contribution in [2.24, 2.45) is 0 Å². The number of aryl methyl sites for hydroxylation is 1. The van der Waals surface area contributed by atoms with Crippen molar-refractivity contribution in [1.29, 1.82) is 0 Å². The molecule has 1 aromatic heterocycles. The number of nitrogens with zero attached hydrogens (tertiary/aromatic N) is 2. The lowest BCUT2D eigenvalue weighted by Gasteiger charge is -2.13. The zero-order chi connectivity index (χ0) is 16.6. The monoisotopic (exact) mass is 343 g/mol. The first kappa shape index (κ1) is 16.2. The minimum absolute atomic E-state index is 0.247. The number of rotatable bonds is 2. The molecule has 2 aromatic rings. The van der Waals surface area contributed by atoms with Crippen LogP contribution in [0, 0.1) is 0 Å². The average Bonchev–Trinajstić information content (AvgIpc) is 2.68. The molecule has 0 amide bonds. The summed E-state index contributed by atoms with van der Waals surface area (Å²) < 4.78 is 40.5. The van der Waals surface area contributed by atoms with E-state index in [2.05, 4.69) is 10.4 Å². The summed E-state index contributed by atoms with van der Waals surface area (Å²) in [6, 6.07) is 3.32. The summed E-state index contributed by atoms with van der Waals surface area (Å²) in [5, 5.41) is 8.05. The highest BCUT2D eigenvalue weighted by molar-refractivity contribution is 6.32. The van der Waals surface area contributed by atoms with Crippen molar-refractivity contribution < 1.29 is 13.2 Å². The minimum Gasteiger partial charge on any atom is -0.370 e. The van der Waals surface area contributed by atoms with Gasteiger partial charge in [0.15, 0.2) is 0 Å². The van der Waals surface area contributed by atoms with E-state index in [9.17, 15) is 13.2 Å². The van der Waals surface area contributed by atoms with E-state index >= 15 is 0 Å². The molecule has 3 nitrogen and oxygen atoms in total. The molecule has 0 radical (unpaired) electrons. The summed E-state index contributed by atoms with van der Waals surface area (Å²) in [6.45, 7) is 2.77. The van der Waals surface area contributed by atoms with Gasteiger partial charge in [-0.2, -0.15) is 18.3 Å². The molecule has 0 fully saturated rings. The molecule has 0 bridgehead atoms. The molecule has 1 aliphatic rings. The van der Waals surface area contributed by atoms with Gasteiger partial charge in [-0.05, 0) is 43.9 Å². The number of halogens is 4. The molecule has 1 N–H and O–H groups in total. The van der Waals surface area contributed by atoms with E-state index in [1.165, 1.54) is 10.7 Å². The smallest absolute Gasteiger partial charge is 0.370 e. The van der Waals surface area contributed by atoms with Crippen molar-refractivity contribution in [3.8, 4) is 5.69 Å². The van der Waals surface area contributed by atoms with Crippen molar-refractivity contribution in [3.05, 3.63) is 40.0 Å². The number of nitrogens with one attached hydrogen (secondary N) is 1. The van der Waals surface area contributed by atoms with Gasteiger partial charge in [0.1, 0.15) is 5.82 Å². The Balaban J connectivity index is 2.17. The van der Waals surface area contributed by atoms with Crippen LogP contribution in [0.1, 0.15) is 36.6 Å². The SMILES string of the molecule is CCc1nn(-c2cc(C(F)(F)F)ccc2Cl)c2c1CCCCN2. The van der Waals surface area contributed by atoms with E-state index in [4.69, 9.17) is 11.6 Å². The molecule has 0 aliphatic carbocycles. The second-order valence-electron chi connectivity index (χ2n) is 5.59. The molecule has 7 heteroatoms. The average molecular weight is 344 g/mol. The predicted octanol–water partition coefficient (Wildman–Crippen LogP) is 4.86. The fraction of sp³-hybridized carbons (Fsp3) is 0.438. The van der Waals surface area contributed by atoms with Crippen LogP contribution in [-0.4, -0.2) is 16.3 Å². The molecular weight excluding hydrogens is 327 g/mol. The van der Waals surface area contributed by atoms with Gasteiger partial charge in [-0.1, -0.05) is 18.5 Å². The normalized spacial score (nSPS) is 15.0. The molecular formula is C16H17ClF3N3. The minimum atomic E-state index is -4.41. The van der Waals surface area contributed by atoms with Crippen LogP contribution in [0.15, 0.2) is 18.2 Å². The van der Waals surface area contributed by atoms with Crippen molar-refractivity contribution in [2.45, 2.75) is 38.8 Å². The van der Waals surface area contributed by atoms with Gasteiger partial charge in [0.05, 0.1) is 22.0 Å². The Morgan fingerprint density at radius 1 is 1.30 bits per heavy atom. The molecule has 0 unspecified atom stereocenters. The number of fused-ring (bicyclic) bond motifs is 1. The highest BCUT2D eigenvalue weighted by atomic mass is 35.5. The van der Waals surface area contributed by atoms with E-state index in [1.807, 2.05) is 6.92 Å². The Hall–Kier alpha value is -1.69. The van der Waals surface area contributed by atoms with Crippen molar-refractivity contribution >= 4 is 17.4 Å². The van der Waals surface area contributed by atoms with Crippen LogP contribution in [0.2, 0.25) is 5.02 Å². The Bertz CT molecular complexity index is 722. The quantitative estimate of drug-likeness (QED) is 0.844. The maximum Gasteiger partial charge on any atom is 0.416 e. The highest BCUT2D eigenvalue weighted by Crippen LogP contribution is 2.35. The van der Waals surface area contributed by atoms with Gasteiger partial charge in [-0.25, -0.2) is 4.68 Å². The molecule has 0 atom stereocenters. The van der Waals surface area contributed by atoms with Crippen molar-refractivity contribution in [3.63, 3.8) is 0 Å². The van der Waals surface area contributed by atoms with Crippen LogP contribution in [0.25, 0.3) is 5.69 Å². The van der Waals surface area contributed by atoms with Gasteiger partial charge >= 0.3 is 6.18 Å². The van der Waals surface area contributed by atoms with Crippen LogP contribution in [0.3, 0.4) is 0 Å². The molecule has 23 heavy (non-hydrogen) atoms. The van der Waals surface area contributed by atoms with Gasteiger partial charge in [0.2, 0.25) is 0 Å². The van der Waals surface area contributed by atoms with Gasteiger partial charge in [-0.15, -0.1) is 0 Å². The van der Waals surface area contributed by atoms with Crippen LogP contribution < -0.4 is 5.32 Å². The number of aromatic nitrogens is 2. The third-order valence-electron chi connectivity index (χ3n) is 4.05. The highest BCUT2D eigenvalue weighted by Gasteiger charge is 2.32. The lowest BCUT2D eigenvalue weighted by atomic mass is 10.1. The Kier molecular flexibility index (Phi) is 4.27. The van der Waals surface area contributed by atoms with Crippen LogP contribution in [0.4, 0.5) is 19.0 Å². The van der Waals surface area contributed by atoms with Crippen molar-refractivity contribution in [2.75, 3.05) is 11.9 Å². The maximum atomic E-state index is 13.0. The third kappa shape index (κ3) is 3.04. The summed E-state index contributed by atoms with van der Waals surface area (Å²) in [6.07, 6.45) is -0.747. The maximum absolute atomic E-state index is 13.0. The second-order valence-corrected chi connectivity index (χ2v) is 5.99. The van der Waals surface area contributed by atoms with Crippen LogP contribution >= 0.6 is 11.6 Å². The van der Waals surface area contributed by atoms with E-state index in [-0.39, 0.29) is 10.7 Å². The summed E-state index contributed by atoms with van der Waals surface area (Å²) in [5.74, 6) is 0.764. The third-order valence-corrected chi connectivity index (χ3v) is 4.37. The van der Waals surface area contributed by atoms with E-state index in [1.54, 1.807) is 0 Å². The number of hydrogen-bond donors (Lipinski definition) is 1. The zero-order valence-electron chi connectivity index (χ0n) is 12.7. The Morgan fingerprint density at radius 2 is 2.09 bits per heavy atom. The molecule has 0 saturated heterocycles. The van der Waals surface area contributed by atoms with Gasteiger partial charge < -0.3 is 5.32 Å². The van der Waals surface area contributed by atoms with E-state index in [0.29, 0.717) is 0 Å². The zero-order valence-corrected chi connectivity index (χ0v) is 13.4. The summed E-state index contributed by atoms with van der Waals surface area (Å²) in [4.78, 5) is 0. The fourth-order valence-electron chi connectivity index (χ4n) is 2.88. The largest absolute Gasteiger partial charge is 0.416 e. The Morgan fingerprint density at radius 3 is 2.78 bits per heavy atom. The number of hydrogen-bond acceptors (Lipinski definition) is 2. The standard InChI is InChI=1S/C16H17ClF3N3/c1-2-13-11-5-3-4-8-21-15(11)23(22-13)14-9-10(16(18,19)20)6-7-12(14)17/h6-7,9,21H,2-5,8H2,1H3. The lowest BCUT2D eigenvalue weighted by Crippen LogP contribution is -2.10. The number of benzene rings is 1. The second kappa shape index (κ2) is 6.07. The molecule has 1 aromatic carbocycles. The first-order chi connectivity index (χ1) is 10.9. The predicted molar refractivity (Wildman–Crippen MR) is 84.4 cm³/mol. The number of anilines is 1. The van der Waals surface area contributed by atoms with Crippen LogP contribution in [-0.2, 0) is 19.0 Å². The first-order valence-electron chi connectivity index (χ1n) is 7.63. The van der Waals surface area contributed by atoms with Crippen molar-refractivity contribution in [1.82, 2.24) is 9.78 Å². The summed E-state index contributed by atoms with van der Waals surface area (Å²) >= 11 is 6.16. The molecule has 2 heterocycles.